The van der Waals surface area contributed by atoms with Crippen LogP contribution >= 0.6 is 15.9 Å². The molecule has 4 nitrogen and oxygen atoms in total. The van der Waals surface area contributed by atoms with Gasteiger partial charge in [-0.25, -0.2) is 0 Å². The van der Waals surface area contributed by atoms with Crippen LogP contribution in [0.1, 0.15) is 5.76 Å². The van der Waals surface area contributed by atoms with Crippen LogP contribution in [0.4, 0.5) is 0 Å². The van der Waals surface area contributed by atoms with Gasteiger partial charge in [0, 0.05) is 16.5 Å². The Morgan fingerprint density at radius 1 is 1.28 bits per heavy atom. The standard InChI is InChI=1S/C13H12BrNO3/c14-9-3-1-8(2-4-9)12-6-5-10(18-12)7-11(15)13(16)17/h1-6,11H,7,15H2,(H,16,17)/t11-/m0/s1. The first-order valence-corrected chi connectivity index (χ1v) is 6.18. The number of furan rings is 1. The summed E-state index contributed by atoms with van der Waals surface area (Å²) in [4.78, 5) is 10.6. The fourth-order valence-electron chi connectivity index (χ4n) is 1.56. The summed E-state index contributed by atoms with van der Waals surface area (Å²) in [5.74, 6) is 0.245. The van der Waals surface area contributed by atoms with Gasteiger partial charge in [0.25, 0.3) is 0 Å². The van der Waals surface area contributed by atoms with Crippen LogP contribution < -0.4 is 5.73 Å². The van der Waals surface area contributed by atoms with Crippen LogP contribution in [-0.2, 0) is 11.2 Å². The number of carbonyl (C=O) groups is 1. The van der Waals surface area contributed by atoms with Crippen molar-refractivity contribution >= 4 is 21.9 Å². The normalized spacial score (nSPS) is 12.3. The number of hydrogen-bond acceptors (Lipinski definition) is 3. The first-order chi connectivity index (χ1) is 8.56. The lowest BCUT2D eigenvalue weighted by atomic mass is 10.2. The van der Waals surface area contributed by atoms with Gasteiger partial charge < -0.3 is 15.3 Å². The van der Waals surface area contributed by atoms with Crippen molar-refractivity contribution in [1.82, 2.24) is 0 Å². The van der Waals surface area contributed by atoms with Gasteiger partial charge in [-0.2, -0.15) is 0 Å². The Morgan fingerprint density at radius 2 is 1.94 bits per heavy atom. The molecule has 0 aliphatic rings. The lowest BCUT2D eigenvalue weighted by molar-refractivity contribution is -0.138. The molecule has 0 amide bonds. The molecule has 2 aromatic rings. The summed E-state index contributed by atoms with van der Waals surface area (Å²) < 4.78 is 6.56. The molecular formula is C13H12BrNO3. The van der Waals surface area contributed by atoms with Crippen molar-refractivity contribution < 1.29 is 14.3 Å². The third-order valence-electron chi connectivity index (χ3n) is 2.53. The molecule has 0 aliphatic heterocycles. The van der Waals surface area contributed by atoms with Crippen LogP contribution in [-0.4, -0.2) is 17.1 Å². The molecule has 1 atom stereocenters. The first-order valence-electron chi connectivity index (χ1n) is 5.39. The topological polar surface area (TPSA) is 76.5 Å². The summed E-state index contributed by atoms with van der Waals surface area (Å²) >= 11 is 3.36. The minimum atomic E-state index is -1.03. The third-order valence-corrected chi connectivity index (χ3v) is 3.06. The molecule has 0 bridgehead atoms. The number of carboxylic acid groups (broad SMARTS) is 1. The third kappa shape index (κ3) is 3.00. The molecule has 3 N–H and O–H groups in total. The Hall–Kier alpha value is -1.59. The van der Waals surface area contributed by atoms with Crippen molar-refractivity contribution in [3.8, 4) is 11.3 Å². The van der Waals surface area contributed by atoms with Crippen LogP contribution in [0, 0.1) is 0 Å². The molecule has 1 heterocycles. The van der Waals surface area contributed by atoms with E-state index >= 15 is 0 Å². The van der Waals surface area contributed by atoms with Crippen LogP contribution in [0.25, 0.3) is 11.3 Å². The zero-order chi connectivity index (χ0) is 13.1. The molecule has 0 radical (unpaired) electrons. The molecule has 5 heteroatoms. The van der Waals surface area contributed by atoms with E-state index in [1.807, 2.05) is 30.3 Å². The molecule has 94 valence electrons. The number of aliphatic carboxylic acids is 1. The highest BCUT2D eigenvalue weighted by Crippen LogP contribution is 2.24. The molecule has 0 fully saturated rings. The molecule has 18 heavy (non-hydrogen) atoms. The van der Waals surface area contributed by atoms with Gasteiger partial charge in [0.1, 0.15) is 17.6 Å². The Morgan fingerprint density at radius 3 is 2.56 bits per heavy atom. The van der Waals surface area contributed by atoms with E-state index in [9.17, 15) is 4.79 Å². The Kier molecular flexibility index (Phi) is 3.84. The van der Waals surface area contributed by atoms with Crippen molar-refractivity contribution in [1.29, 1.82) is 0 Å². The summed E-state index contributed by atoms with van der Waals surface area (Å²) in [6, 6.07) is 10.3. The molecule has 2 rings (SSSR count). The van der Waals surface area contributed by atoms with E-state index in [1.165, 1.54) is 0 Å². The Bertz CT molecular complexity index is 548. The zero-order valence-electron chi connectivity index (χ0n) is 9.47. The highest BCUT2D eigenvalue weighted by Gasteiger charge is 2.14. The van der Waals surface area contributed by atoms with Crippen LogP contribution in [0.15, 0.2) is 45.3 Å². The monoisotopic (exact) mass is 309 g/mol. The maximum Gasteiger partial charge on any atom is 0.320 e. The van der Waals surface area contributed by atoms with Crippen molar-refractivity contribution in [2.45, 2.75) is 12.5 Å². The fourth-order valence-corrected chi connectivity index (χ4v) is 1.83. The molecule has 1 aromatic heterocycles. The van der Waals surface area contributed by atoms with E-state index in [1.54, 1.807) is 6.07 Å². The predicted octanol–water partition coefficient (Wildman–Crippen LogP) is 2.66. The van der Waals surface area contributed by atoms with Gasteiger partial charge in [0.05, 0.1) is 0 Å². The quantitative estimate of drug-likeness (QED) is 0.910. The molecule has 1 aromatic carbocycles. The van der Waals surface area contributed by atoms with E-state index in [2.05, 4.69) is 15.9 Å². The number of hydrogen-bond donors (Lipinski definition) is 2. The minimum Gasteiger partial charge on any atom is -0.480 e. The Balaban J connectivity index is 2.15. The van der Waals surface area contributed by atoms with Gasteiger partial charge >= 0.3 is 5.97 Å². The fraction of sp³-hybridized carbons (Fsp3) is 0.154. The summed E-state index contributed by atoms with van der Waals surface area (Å²) in [5, 5.41) is 8.73. The summed E-state index contributed by atoms with van der Waals surface area (Å²) in [6.07, 6.45) is 0.186. The molecule has 0 unspecified atom stereocenters. The highest BCUT2D eigenvalue weighted by molar-refractivity contribution is 9.10. The number of carboxylic acids is 1. The lowest BCUT2D eigenvalue weighted by Crippen LogP contribution is -2.32. The van der Waals surface area contributed by atoms with Gasteiger partial charge in [0.15, 0.2) is 0 Å². The van der Waals surface area contributed by atoms with E-state index in [4.69, 9.17) is 15.3 Å². The van der Waals surface area contributed by atoms with Crippen molar-refractivity contribution in [2.75, 3.05) is 0 Å². The van der Waals surface area contributed by atoms with Crippen LogP contribution in [0.3, 0.4) is 0 Å². The summed E-state index contributed by atoms with van der Waals surface area (Å²) in [5.41, 5.74) is 6.39. The molecule has 0 saturated heterocycles. The van der Waals surface area contributed by atoms with Crippen molar-refractivity contribution in [3.05, 3.63) is 46.6 Å². The van der Waals surface area contributed by atoms with E-state index in [0.29, 0.717) is 11.5 Å². The molecule has 0 saturated carbocycles. The SMILES string of the molecule is N[C@@H](Cc1ccc(-c2ccc(Br)cc2)o1)C(=O)O. The van der Waals surface area contributed by atoms with Gasteiger partial charge in [-0.1, -0.05) is 28.1 Å². The van der Waals surface area contributed by atoms with Gasteiger partial charge in [-0.05, 0) is 24.3 Å². The molecular weight excluding hydrogens is 298 g/mol. The second-order valence-electron chi connectivity index (χ2n) is 3.92. The van der Waals surface area contributed by atoms with E-state index in [-0.39, 0.29) is 6.42 Å². The van der Waals surface area contributed by atoms with Crippen molar-refractivity contribution in [3.63, 3.8) is 0 Å². The largest absolute Gasteiger partial charge is 0.480 e. The second-order valence-corrected chi connectivity index (χ2v) is 4.84. The smallest absolute Gasteiger partial charge is 0.320 e. The number of halogens is 1. The van der Waals surface area contributed by atoms with Gasteiger partial charge in [-0.15, -0.1) is 0 Å². The maximum absolute atomic E-state index is 10.6. The minimum absolute atomic E-state index is 0.186. The highest BCUT2D eigenvalue weighted by atomic mass is 79.9. The average molecular weight is 310 g/mol. The van der Waals surface area contributed by atoms with Gasteiger partial charge in [-0.3, -0.25) is 4.79 Å². The Labute approximate surface area is 113 Å². The average Bonchev–Trinajstić information content (AvgIpc) is 2.78. The number of nitrogens with two attached hydrogens (primary N) is 1. The maximum atomic E-state index is 10.6. The zero-order valence-corrected chi connectivity index (χ0v) is 11.1. The first kappa shape index (κ1) is 12.9. The second kappa shape index (κ2) is 5.37. The van der Waals surface area contributed by atoms with Crippen LogP contribution in [0.2, 0.25) is 0 Å². The molecule has 0 aliphatic carbocycles. The number of benzene rings is 1. The van der Waals surface area contributed by atoms with Crippen molar-refractivity contribution in [2.24, 2.45) is 5.73 Å². The summed E-state index contributed by atoms with van der Waals surface area (Å²) in [6.45, 7) is 0. The predicted molar refractivity (Wildman–Crippen MR) is 71.2 cm³/mol. The van der Waals surface area contributed by atoms with Crippen LogP contribution in [0.5, 0.6) is 0 Å². The lowest BCUT2D eigenvalue weighted by Gasteiger charge is -2.03. The summed E-state index contributed by atoms with van der Waals surface area (Å²) in [7, 11) is 0. The molecule has 0 spiro atoms. The van der Waals surface area contributed by atoms with E-state index < -0.39 is 12.0 Å². The van der Waals surface area contributed by atoms with E-state index in [0.717, 1.165) is 10.0 Å². The number of rotatable bonds is 4. The van der Waals surface area contributed by atoms with Gasteiger partial charge in [0.2, 0.25) is 0 Å².